The first-order chi connectivity index (χ1) is 25.0. The van der Waals surface area contributed by atoms with Gasteiger partial charge in [0.15, 0.2) is 0 Å². The Morgan fingerprint density at radius 3 is 1.22 bits per heavy atom. The largest absolute Gasteiger partial charge is 0.462 e. The highest BCUT2D eigenvalue weighted by molar-refractivity contribution is 6.39. The molecule has 5 aromatic carbocycles. The van der Waals surface area contributed by atoms with Gasteiger partial charge < -0.3 is 14.2 Å². The fraction of sp³-hybridized carbons (Fsp3) is 0.455. The third-order valence-electron chi connectivity index (χ3n) is 10.4. The molecule has 0 atom stereocenters. The van der Waals surface area contributed by atoms with E-state index in [-0.39, 0.29) is 0 Å². The van der Waals surface area contributed by atoms with Gasteiger partial charge >= 0.3 is 23.9 Å². The molecule has 0 aromatic heterocycles. The molecule has 5 aromatic rings. The molecule has 6 rings (SSSR count). The van der Waals surface area contributed by atoms with Crippen LogP contribution in [-0.2, 0) is 14.2 Å². The average Bonchev–Trinajstić information content (AvgIpc) is 3.14. The standard InChI is InChI=1S/C44H50O7/c1-3-5-7-9-11-13-15-17-27-49-41(45)33-23-19-29-31-21-25-35-40-36(44(48)51-43(35)47)26-22-32(38(31)40)30-20-24-34(39(33)37(29)30)42(46)50-28-18-16-14-12-10-8-6-4-2/h19-26H,3-18,27-28H2,1-2H3. The first-order valence-corrected chi connectivity index (χ1v) is 19.3. The van der Waals surface area contributed by atoms with Crippen LogP contribution < -0.4 is 0 Å². The number of hydrogen-bond donors (Lipinski definition) is 0. The second-order valence-corrected chi connectivity index (χ2v) is 14.0. The smallest absolute Gasteiger partial charge is 0.346 e. The van der Waals surface area contributed by atoms with Crippen LogP contribution in [0, 0.1) is 0 Å². The van der Waals surface area contributed by atoms with Crippen molar-refractivity contribution >= 4 is 67.0 Å². The van der Waals surface area contributed by atoms with E-state index in [9.17, 15) is 19.2 Å². The van der Waals surface area contributed by atoms with E-state index in [4.69, 9.17) is 14.2 Å². The number of esters is 4. The monoisotopic (exact) mass is 690 g/mol. The van der Waals surface area contributed by atoms with Gasteiger partial charge in [0.25, 0.3) is 0 Å². The van der Waals surface area contributed by atoms with Crippen molar-refractivity contribution in [3.8, 4) is 0 Å². The molecule has 7 nitrogen and oxygen atoms in total. The second-order valence-electron chi connectivity index (χ2n) is 14.0. The molecule has 0 aliphatic carbocycles. The summed E-state index contributed by atoms with van der Waals surface area (Å²) in [6.07, 6.45) is 18.2. The van der Waals surface area contributed by atoms with Gasteiger partial charge in [-0.15, -0.1) is 0 Å². The number of benzene rings is 5. The Kier molecular flexibility index (Phi) is 12.2. The number of fused-ring (bicyclic) bond motifs is 2. The van der Waals surface area contributed by atoms with Crippen molar-refractivity contribution in [3.05, 3.63) is 70.8 Å². The number of cyclic esters (lactones) is 2. The lowest BCUT2D eigenvalue weighted by Crippen LogP contribution is -2.19. The third-order valence-corrected chi connectivity index (χ3v) is 10.4. The van der Waals surface area contributed by atoms with Gasteiger partial charge in [0.2, 0.25) is 0 Å². The first-order valence-electron chi connectivity index (χ1n) is 19.3. The summed E-state index contributed by atoms with van der Waals surface area (Å²) >= 11 is 0. The zero-order valence-corrected chi connectivity index (χ0v) is 30.2. The van der Waals surface area contributed by atoms with Crippen molar-refractivity contribution in [2.75, 3.05) is 13.2 Å². The highest BCUT2D eigenvalue weighted by atomic mass is 16.6. The van der Waals surface area contributed by atoms with Crippen LogP contribution in [0.5, 0.6) is 0 Å². The van der Waals surface area contributed by atoms with Gasteiger partial charge in [-0.05, 0) is 69.4 Å². The topological polar surface area (TPSA) is 96.0 Å². The van der Waals surface area contributed by atoms with Crippen molar-refractivity contribution in [1.29, 1.82) is 0 Å². The lowest BCUT2D eigenvalue weighted by Gasteiger charge is -2.21. The molecule has 1 heterocycles. The molecular weight excluding hydrogens is 640 g/mol. The number of hydrogen-bond acceptors (Lipinski definition) is 7. The fourth-order valence-electron chi connectivity index (χ4n) is 7.72. The van der Waals surface area contributed by atoms with E-state index in [1.165, 1.54) is 64.2 Å². The van der Waals surface area contributed by atoms with Gasteiger partial charge in [0, 0.05) is 10.8 Å². The van der Waals surface area contributed by atoms with Gasteiger partial charge in [0.1, 0.15) is 0 Å². The van der Waals surface area contributed by atoms with E-state index in [0.717, 1.165) is 70.8 Å². The molecule has 0 spiro atoms. The second kappa shape index (κ2) is 17.1. The maximum atomic E-state index is 13.8. The number of rotatable bonds is 20. The predicted octanol–water partition coefficient (Wildman–Crippen LogP) is 11.6. The Balaban J connectivity index is 1.31. The van der Waals surface area contributed by atoms with Gasteiger partial charge in [0.05, 0.1) is 35.5 Å². The summed E-state index contributed by atoms with van der Waals surface area (Å²) in [5.74, 6) is -2.28. The van der Waals surface area contributed by atoms with Crippen molar-refractivity contribution in [1.82, 2.24) is 0 Å². The summed E-state index contributed by atoms with van der Waals surface area (Å²) < 4.78 is 16.7. The summed E-state index contributed by atoms with van der Waals surface area (Å²) in [6, 6.07) is 14.3. The van der Waals surface area contributed by atoms with Crippen LogP contribution in [0.1, 0.15) is 158 Å². The third kappa shape index (κ3) is 7.73. The molecule has 0 saturated heterocycles. The molecule has 7 heteroatoms. The molecule has 0 amide bonds. The lowest BCUT2D eigenvalue weighted by molar-refractivity contribution is 0.0388. The zero-order valence-electron chi connectivity index (χ0n) is 30.2. The maximum Gasteiger partial charge on any atom is 0.346 e. The Hall–Kier alpha value is -4.52. The van der Waals surface area contributed by atoms with Crippen LogP contribution in [0.25, 0.3) is 43.1 Å². The molecule has 1 aliphatic heterocycles. The molecular formula is C44H50O7. The lowest BCUT2D eigenvalue weighted by atomic mass is 9.84. The number of ether oxygens (including phenoxy) is 3. The molecule has 0 saturated carbocycles. The summed E-state index contributed by atoms with van der Waals surface area (Å²) in [6.45, 7) is 5.06. The van der Waals surface area contributed by atoms with E-state index < -0.39 is 23.9 Å². The van der Waals surface area contributed by atoms with E-state index in [1.807, 2.05) is 24.3 Å². The van der Waals surface area contributed by atoms with Gasteiger partial charge in [-0.2, -0.15) is 0 Å². The predicted molar refractivity (Wildman–Crippen MR) is 203 cm³/mol. The summed E-state index contributed by atoms with van der Waals surface area (Å²) in [5.41, 5.74) is 1.32. The quantitative estimate of drug-likeness (QED) is 0.0200. The minimum Gasteiger partial charge on any atom is -0.462 e. The van der Waals surface area contributed by atoms with E-state index in [1.54, 1.807) is 24.3 Å². The van der Waals surface area contributed by atoms with Crippen molar-refractivity contribution in [3.63, 3.8) is 0 Å². The minimum absolute atomic E-state index is 0.312. The fourth-order valence-corrected chi connectivity index (χ4v) is 7.72. The Morgan fingerprint density at radius 1 is 0.451 bits per heavy atom. The normalized spacial score (nSPS) is 12.7. The molecule has 1 aliphatic rings. The van der Waals surface area contributed by atoms with Gasteiger partial charge in [-0.1, -0.05) is 128 Å². The Morgan fingerprint density at radius 2 is 0.804 bits per heavy atom. The van der Waals surface area contributed by atoms with Crippen LogP contribution in [0.4, 0.5) is 0 Å². The van der Waals surface area contributed by atoms with Gasteiger partial charge in [-0.25, -0.2) is 19.2 Å². The van der Waals surface area contributed by atoms with Crippen molar-refractivity contribution in [2.24, 2.45) is 0 Å². The molecule has 0 unspecified atom stereocenters. The van der Waals surface area contributed by atoms with Crippen LogP contribution in [0.2, 0.25) is 0 Å². The van der Waals surface area contributed by atoms with Crippen LogP contribution in [0.3, 0.4) is 0 Å². The average molecular weight is 691 g/mol. The highest BCUT2D eigenvalue weighted by Gasteiger charge is 2.30. The molecule has 0 N–H and O–H groups in total. The minimum atomic E-state index is -0.670. The molecule has 0 bridgehead atoms. The molecule has 0 radical (unpaired) electrons. The Labute approximate surface area is 300 Å². The molecule has 0 fully saturated rings. The Bertz CT molecular complexity index is 1900. The highest BCUT2D eigenvalue weighted by Crippen LogP contribution is 2.45. The van der Waals surface area contributed by atoms with E-state index >= 15 is 0 Å². The summed E-state index contributed by atoms with van der Waals surface area (Å²) in [7, 11) is 0. The van der Waals surface area contributed by atoms with Gasteiger partial charge in [-0.3, -0.25) is 0 Å². The number of carbonyl (C=O) groups excluding carboxylic acids is 4. The SMILES string of the molecule is CCCCCCCCCCOC(=O)c1ccc2c3ccc4c5c(ccc(c6ccc(C(=O)OCCCCCCCCCC)c1c26)c53)C(=O)OC4=O. The van der Waals surface area contributed by atoms with Crippen LogP contribution >= 0.6 is 0 Å². The van der Waals surface area contributed by atoms with E-state index in [2.05, 4.69) is 13.8 Å². The molecule has 51 heavy (non-hydrogen) atoms. The molecule has 268 valence electrons. The first kappa shape index (κ1) is 36.3. The summed E-state index contributed by atoms with van der Waals surface area (Å²) in [5, 5.41) is 5.83. The maximum absolute atomic E-state index is 13.8. The van der Waals surface area contributed by atoms with Crippen LogP contribution in [-0.4, -0.2) is 37.1 Å². The van der Waals surface area contributed by atoms with E-state index in [0.29, 0.717) is 46.2 Å². The zero-order chi connectivity index (χ0) is 35.7. The van der Waals surface area contributed by atoms with Crippen molar-refractivity contribution < 1.29 is 33.4 Å². The summed E-state index contributed by atoms with van der Waals surface area (Å²) in [4.78, 5) is 53.0. The van der Waals surface area contributed by atoms with Crippen molar-refractivity contribution in [2.45, 2.75) is 117 Å². The van der Waals surface area contributed by atoms with Crippen LogP contribution in [0.15, 0.2) is 48.5 Å². The number of carbonyl (C=O) groups is 4. The number of unbranched alkanes of at least 4 members (excludes halogenated alkanes) is 14.